The van der Waals surface area contributed by atoms with Crippen LogP contribution in [0.1, 0.15) is 13.3 Å². The third-order valence-electron chi connectivity index (χ3n) is 2.67. The van der Waals surface area contributed by atoms with Crippen molar-refractivity contribution in [3.63, 3.8) is 0 Å². The van der Waals surface area contributed by atoms with Crippen LogP contribution in [0.3, 0.4) is 0 Å². The molecule has 2 rings (SSSR count). The van der Waals surface area contributed by atoms with Crippen LogP contribution < -0.4 is 11.1 Å². The Bertz CT molecular complexity index is 690. The molecule has 0 aliphatic carbocycles. The number of hydrogen-bond donors (Lipinski definition) is 3. The molecule has 0 fully saturated rings. The fourth-order valence-corrected chi connectivity index (χ4v) is 1.55. The minimum Gasteiger partial charge on any atom is -0.478 e. The molecule has 4 N–H and O–H groups in total. The molecule has 2 aromatic heterocycles. The Balaban J connectivity index is 0.000000370. The van der Waals surface area contributed by atoms with Gasteiger partial charge in [-0.2, -0.15) is 0 Å². The maximum atomic E-state index is 11.2. The van der Waals surface area contributed by atoms with E-state index in [4.69, 9.17) is 15.6 Å². The van der Waals surface area contributed by atoms with Crippen LogP contribution in [-0.2, 0) is 14.3 Å². The van der Waals surface area contributed by atoms with Gasteiger partial charge in [0.25, 0.3) is 0 Å². The summed E-state index contributed by atoms with van der Waals surface area (Å²) in [6, 6.07) is 7.04. The van der Waals surface area contributed by atoms with E-state index >= 15 is 0 Å². The Kier molecular flexibility index (Phi) is 8.77. The normalized spacial score (nSPS) is 10.2. The lowest BCUT2D eigenvalue weighted by atomic mass is 10.2. The van der Waals surface area contributed by atoms with Gasteiger partial charge >= 0.3 is 11.9 Å². The second kappa shape index (κ2) is 11.2. The first-order chi connectivity index (χ1) is 12.0. The number of aromatic nitrogens is 2. The summed E-state index contributed by atoms with van der Waals surface area (Å²) in [6.07, 6.45) is 7.43. The second-order valence-electron chi connectivity index (χ2n) is 4.63. The number of nitrogens with zero attached hydrogens (tertiary/aromatic N) is 2. The predicted molar refractivity (Wildman–Crippen MR) is 93.5 cm³/mol. The van der Waals surface area contributed by atoms with Gasteiger partial charge in [-0.1, -0.05) is 0 Å². The summed E-state index contributed by atoms with van der Waals surface area (Å²) in [5, 5.41) is 11.7. The molecule has 0 aliphatic heterocycles. The van der Waals surface area contributed by atoms with Crippen molar-refractivity contribution in [3.05, 3.63) is 60.8 Å². The molecule has 0 unspecified atom stereocenters. The molecule has 0 saturated carbocycles. The Labute approximate surface area is 145 Å². The van der Waals surface area contributed by atoms with Crippen molar-refractivity contribution in [1.82, 2.24) is 9.97 Å². The molecule has 8 nitrogen and oxygen atoms in total. The second-order valence-corrected chi connectivity index (χ2v) is 4.63. The molecule has 0 amide bonds. The molecule has 0 bridgehead atoms. The summed E-state index contributed by atoms with van der Waals surface area (Å²) in [5.74, 6) is -1.74. The van der Waals surface area contributed by atoms with Gasteiger partial charge in [0.2, 0.25) is 0 Å². The zero-order valence-electron chi connectivity index (χ0n) is 13.8. The molecule has 0 radical (unpaired) electrons. The zero-order chi connectivity index (χ0) is 18.5. The summed E-state index contributed by atoms with van der Waals surface area (Å²) < 4.78 is 4.69. The van der Waals surface area contributed by atoms with E-state index in [1.54, 1.807) is 56.0 Å². The van der Waals surface area contributed by atoms with Crippen LogP contribution in [0.4, 0.5) is 11.4 Å². The number of carboxylic acid groups (broad SMARTS) is 1. The number of aliphatic carboxylic acids is 1. The maximum absolute atomic E-state index is 11.2. The number of rotatable bonds is 6. The van der Waals surface area contributed by atoms with Crippen molar-refractivity contribution >= 4 is 23.3 Å². The highest BCUT2D eigenvalue weighted by Gasteiger charge is 2.13. The molecule has 2 aromatic rings. The SMILES string of the molecule is CCOC(=O)C/C(=C/Nc1cccnc1)C(=O)O.Nc1cccnc1. The molecule has 0 atom stereocenters. The first-order valence-corrected chi connectivity index (χ1v) is 7.43. The quantitative estimate of drug-likeness (QED) is 0.537. The van der Waals surface area contributed by atoms with E-state index in [2.05, 4.69) is 15.3 Å². The molecule has 0 saturated heterocycles. The van der Waals surface area contributed by atoms with Gasteiger partial charge in [0.15, 0.2) is 0 Å². The van der Waals surface area contributed by atoms with E-state index in [1.165, 1.54) is 6.20 Å². The monoisotopic (exact) mass is 344 g/mol. The molecule has 132 valence electrons. The smallest absolute Gasteiger partial charge is 0.333 e. The average molecular weight is 344 g/mol. The lowest BCUT2D eigenvalue weighted by Gasteiger charge is -2.04. The van der Waals surface area contributed by atoms with Gasteiger partial charge in [-0.05, 0) is 31.2 Å². The molecular formula is C17H20N4O4. The number of nitrogens with one attached hydrogen (secondary N) is 1. The Morgan fingerprint density at radius 1 is 1.24 bits per heavy atom. The van der Waals surface area contributed by atoms with Crippen LogP contribution >= 0.6 is 0 Å². The van der Waals surface area contributed by atoms with Crippen LogP contribution in [0, 0.1) is 0 Å². The number of anilines is 2. The van der Waals surface area contributed by atoms with Crippen LogP contribution in [0.2, 0.25) is 0 Å². The molecule has 0 aromatic carbocycles. The molecule has 25 heavy (non-hydrogen) atoms. The highest BCUT2D eigenvalue weighted by Crippen LogP contribution is 2.07. The summed E-state index contributed by atoms with van der Waals surface area (Å²) in [7, 11) is 0. The lowest BCUT2D eigenvalue weighted by molar-refractivity contribution is -0.144. The minimum absolute atomic E-state index is 0.0719. The summed E-state index contributed by atoms with van der Waals surface area (Å²) in [6.45, 7) is 1.89. The number of hydrogen-bond acceptors (Lipinski definition) is 7. The van der Waals surface area contributed by atoms with Gasteiger partial charge in [0.1, 0.15) is 0 Å². The van der Waals surface area contributed by atoms with E-state index in [0.717, 1.165) is 0 Å². The molecular weight excluding hydrogens is 324 g/mol. The number of ether oxygens (including phenoxy) is 1. The van der Waals surface area contributed by atoms with Crippen LogP contribution in [0.5, 0.6) is 0 Å². The summed E-state index contributed by atoms with van der Waals surface area (Å²) in [4.78, 5) is 29.8. The van der Waals surface area contributed by atoms with Crippen molar-refractivity contribution in [1.29, 1.82) is 0 Å². The topological polar surface area (TPSA) is 127 Å². The number of nitrogens with two attached hydrogens (primary N) is 1. The molecule has 0 spiro atoms. The van der Waals surface area contributed by atoms with Crippen molar-refractivity contribution in [3.8, 4) is 0 Å². The van der Waals surface area contributed by atoms with Crippen LogP contribution in [-0.4, -0.2) is 33.6 Å². The largest absolute Gasteiger partial charge is 0.478 e. The summed E-state index contributed by atoms with van der Waals surface area (Å²) >= 11 is 0. The first-order valence-electron chi connectivity index (χ1n) is 7.43. The van der Waals surface area contributed by atoms with Crippen molar-refractivity contribution in [2.45, 2.75) is 13.3 Å². The van der Waals surface area contributed by atoms with E-state index in [-0.39, 0.29) is 18.6 Å². The fourth-order valence-electron chi connectivity index (χ4n) is 1.55. The predicted octanol–water partition coefficient (Wildman–Crippen LogP) is 2.08. The number of nitrogen functional groups attached to an aromatic ring is 1. The van der Waals surface area contributed by atoms with E-state index < -0.39 is 11.9 Å². The highest BCUT2D eigenvalue weighted by molar-refractivity contribution is 5.92. The standard InChI is InChI=1S/C12H14N2O4.C5H6N2/c1-2-18-11(15)6-9(12(16)17)7-14-10-4-3-5-13-8-10;6-5-2-1-3-7-4-5/h3-5,7-8,14H,2,6H2,1H3,(H,16,17);1-4H,6H2/b9-7-;. The fraction of sp³-hybridized carbons (Fsp3) is 0.176. The van der Waals surface area contributed by atoms with E-state index in [0.29, 0.717) is 11.4 Å². The number of carboxylic acids is 1. The molecule has 0 aliphatic rings. The first kappa shape index (κ1) is 19.6. The Morgan fingerprint density at radius 3 is 2.36 bits per heavy atom. The number of carbonyl (C=O) groups excluding carboxylic acids is 1. The van der Waals surface area contributed by atoms with Gasteiger partial charge in [-0.25, -0.2) is 4.79 Å². The van der Waals surface area contributed by atoms with E-state index in [1.807, 2.05) is 0 Å². The average Bonchev–Trinajstić information content (AvgIpc) is 2.61. The molecule has 2 heterocycles. The van der Waals surface area contributed by atoms with Crippen LogP contribution in [0.25, 0.3) is 0 Å². The van der Waals surface area contributed by atoms with Gasteiger partial charge in [-0.15, -0.1) is 0 Å². The highest BCUT2D eigenvalue weighted by atomic mass is 16.5. The number of esters is 1. The maximum Gasteiger partial charge on any atom is 0.333 e. The van der Waals surface area contributed by atoms with Crippen LogP contribution in [0.15, 0.2) is 60.8 Å². The van der Waals surface area contributed by atoms with Gasteiger partial charge in [-0.3, -0.25) is 14.8 Å². The van der Waals surface area contributed by atoms with Crippen molar-refractivity contribution in [2.24, 2.45) is 0 Å². The zero-order valence-corrected chi connectivity index (χ0v) is 13.8. The minimum atomic E-state index is -1.17. The molecule has 8 heteroatoms. The van der Waals surface area contributed by atoms with Gasteiger partial charge < -0.3 is 20.9 Å². The van der Waals surface area contributed by atoms with E-state index in [9.17, 15) is 9.59 Å². The Morgan fingerprint density at radius 2 is 1.92 bits per heavy atom. The Hall–Kier alpha value is -3.42. The number of carbonyl (C=O) groups is 2. The third kappa shape index (κ3) is 8.70. The van der Waals surface area contributed by atoms with Gasteiger partial charge in [0.05, 0.1) is 36.2 Å². The summed E-state index contributed by atoms with van der Waals surface area (Å²) in [5.41, 5.74) is 6.57. The van der Waals surface area contributed by atoms with Crippen molar-refractivity contribution in [2.75, 3.05) is 17.7 Å². The number of pyridine rings is 2. The van der Waals surface area contributed by atoms with Crippen molar-refractivity contribution < 1.29 is 19.4 Å². The lowest BCUT2D eigenvalue weighted by Crippen LogP contribution is -2.11. The van der Waals surface area contributed by atoms with Gasteiger partial charge in [0, 0.05) is 24.8 Å². The third-order valence-corrected chi connectivity index (χ3v) is 2.67.